The van der Waals surface area contributed by atoms with Gasteiger partial charge in [-0.15, -0.1) is 0 Å². The lowest BCUT2D eigenvalue weighted by Crippen LogP contribution is -2.67. The van der Waals surface area contributed by atoms with Gasteiger partial charge >= 0.3 is 8.56 Å². The normalized spacial score (nSPS) is 36.6. The molecule has 0 amide bonds. The molecule has 268 valence electrons. The van der Waals surface area contributed by atoms with E-state index in [4.69, 9.17) is 37.3 Å². The van der Waals surface area contributed by atoms with E-state index in [1.165, 1.54) is 0 Å². The molecule has 5 aliphatic heterocycles. The topological polar surface area (TPSA) is 73.8 Å². The molecule has 7 rings (SSSR count). The highest BCUT2D eigenvalue weighted by Crippen LogP contribution is 2.55. The minimum Gasteiger partial charge on any atom is -0.391 e. The van der Waals surface area contributed by atoms with Gasteiger partial charge in [0.1, 0.15) is 18.3 Å². The van der Waals surface area contributed by atoms with Gasteiger partial charge in [-0.3, -0.25) is 0 Å². The number of rotatable bonds is 7. The summed E-state index contributed by atoms with van der Waals surface area (Å²) in [5.41, 5.74) is 2.28. The average molecular weight is 693 g/mol. The zero-order chi connectivity index (χ0) is 34.2. The summed E-state index contributed by atoms with van der Waals surface area (Å²) in [6, 6.07) is 20.6. The van der Waals surface area contributed by atoms with Crippen molar-refractivity contribution < 1.29 is 37.3 Å². The van der Waals surface area contributed by atoms with E-state index in [1.807, 2.05) is 36.4 Å². The molecule has 5 aliphatic rings. The van der Waals surface area contributed by atoms with Crippen LogP contribution in [0, 0.1) is 0 Å². The Kier molecular flexibility index (Phi) is 10.6. The predicted molar refractivity (Wildman–Crippen MR) is 189 cm³/mol. The van der Waals surface area contributed by atoms with Gasteiger partial charge in [0.05, 0.1) is 69.2 Å². The molecular formula is C40H56O8Si. The lowest BCUT2D eigenvalue weighted by molar-refractivity contribution is -0.280. The zero-order valence-electron chi connectivity index (χ0n) is 30.1. The molecule has 0 bridgehead atoms. The molecular weight excluding hydrogens is 637 g/mol. The second kappa shape index (κ2) is 14.6. The van der Waals surface area contributed by atoms with E-state index >= 15 is 0 Å². The molecule has 0 spiro atoms. The monoisotopic (exact) mass is 692 g/mol. The standard InChI is InChI=1S/C40H56O8Si/c1-39(2,3)49(40(4,5)6)43-26-38-36(48-49)22-33-30(45-38)19-13-18-29-32(46-33)21-35-34(44-29)20-31(42-24-28-16-11-8-12-17-28)37(47-35)25-41-23-27-14-9-7-10-15-27/h7-17,19,29-38H,18,20-26H2,1-6H3/b19-13-/t29-,30+,31-,32+,33-,34+,35-,36+,37+,38-/m1/s1. The van der Waals surface area contributed by atoms with E-state index in [0.29, 0.717) is 26.4 Å². The second-order valence-corrected chi connectivity index (χ2v) is 21.3. The number of fused-ring (bicyclic) bond motifs is 4. The maximum absolute atomic E-state index is 7.10. The number of benzene rings is 2. The Bertz CT molecular complexity index is 1380. The first-order valence-electron chi connectivity index (χ1n) is 18.4. The van der Waals surface area contributed by atoms with Gasteiger partial charge in [0, 0.05) is 29.3 Å². The van der Waals surface area contributed by atoms with Crippen LogP contribution in [0.5, 0.6) is 0 Å². The summed E-state index contributed by atoms with van der Waals surface area (Å²) in [5, 5.41) is -0.178. The molecule has 4 fully saturated rings. The van der Waals surface area contributed by atoms with Crippen LogP contribution in [0.1, 0.15) is 78.4 Å². The third kappa shape index (κ3) is 7.66. The minimum absolute atomic E-state index is 0.0614. The Morgan fingerprint density at radius 3 is 1.96 bits per heavy atom. The van der Waals surface area contributed by atoms with Crippen LogP contribution in [0.2, 0.25) is 10.1 Å². The molecule has 0 aliphatic carbocycles. The van der Waals surface area contributed by atoms with Gasteiger partial charge in [0.15, 0.2) is 0 Å². The van der Waals surface area contributed by atoms with Gasteiger partial charge in [0.2, 0.25) is 0 Å². The lowest BCUT2D eigenvalue weighted by atomic mass is 9.88. The van der Waals surface area contributed by atoms with Gasteiger partial charge in [-0.25, -0.2) is 0 Å². The first kappa shape index (κ1) is 35.5. The molecule has 0 aromatic heterocycles. The highest BCUT2D eigenvalue weighted by atomic mass is 28.4. The smallest absolute Gasteiger partial charge is 0.349 e. The molecule has 10 atom stereocenters. The van der Waals surface area contributed by atoms with E-state index in [2.05, 4.69) is 78.0 Å². The predicted octanol–water partition coefficient (Wildman–Crippen LogP) is 7.43. The summed E-state index contributed by atoms with van der Waals surface area (Å²) in [5.74, 6) is 0. The fourth-order valence-corrected chi connectivity index (χ4v) is 13.7. The number of ether oxygens (including phenoxy) is 6. The Hall–Kier alpha value is -1.92. The SMILES string of the molecule is CC(C)(C)[Si]1(C(C)(C)C)OC[C@H]2O[C@H]3/C=C\C[C@H]4O[C@H]5C[C@@H](OCc6ccccc6)[C@H](COCc6ccccc6)O[C@@H]5C[C@@H]4O[C@@H]3C[C@@H]2O1. The van der Waals surface area contributed by atoms with Crippen molar-refractivity contribution in [2.24, 2.45) is 0 Å². The van der Waals surface area contributed by atoms with Gasteiger partial charge < -0.3 is 37.3 Å². The summed E-state index contributed by atoms with van der Waals surface area (Å²) in [7, 11) is -2.63. The second-order valence-electron chi connectivity index (χ2n) is 16.6. The van der Waals surface area contributed by atoms with E-state index in [9.17, 15) is 0 Å². The summed E-state index contributed by atoms with van der Waals surface area (Å²) in [6.45, 7) is 15.6. The highest BCUT2D eigenvalue weighted by molar-refractivity contribution is 6.73. The van der Waals surface area contributed by atoms with Crippen LogP contribution in [-0.4, -0.2) is 82.8 Å². The van der Waals surface area contributed by atoms with Crippen LogP contribution in [0.4, 0.5) is 0 Å². The van der Waals surface area contributed by atoms with Crippen molar-refractivity contribution in [2.75, 3.05) is 13.2 Å². The maximum atomic E-state index is 7.10. The molecule has 4 saturated heterocycles. The maximum Gasteiger partial charge on any atom is 0.349 e. The van der Waals surface area contributed by atoms with Gasteiger partial charge in [-0.1, -0.05) is 114 Å². The van der Waals surface area contributed by atoms with Gasteiger partial charge in [-0.2, -0.15) is 0 Å². The van der Waals surface area contributed by atoms with Crippen molar-refractivity contribution in [1.82, 2.24) is 0 Å². The molecule has 0 unspecified atom stereocenters. The molecule has 49 heavy (non-hydrogen) atoms. The van der Waals surface area contributed by atoms with E-state index in [1.54, 1.807) is 0 Å². The van der Waals surface area contributed by atoms with Gasteiger partial charge in [0.25, 0.3) is 0 Å². The van der Waals surface area contributed by atoms with E-state index < -0.39 is 8.56 Å². The summed E-state index contributed by atoms with van der Waals surface area (Å²) in [4.78, 5) is 0. The van der Waals surface area contributed by atoms with Crippen LogP contribution in [0.15, 0.2) is 72.8 Å². The highest BCUT2D eigenvalue weighted by Gasteiger charge is 2.63. The molecule has 2 aromatic rings. The lowest BCUT2D eigenvalue weighted by Gasteiger charge is -2.57. The van der Waals surface area contributed by atoms with E-state index in [0.717, 1.165) is 36.8 Å². The van der Waals surface area contributed by atoms with Crippen LogP contribution >= 0.6 is 0 Å². The van der Waals surface area contributed by atoms with Crippen molar-refractivity contribution in [3.8, 4) is 0 Å². The molecule has 9 heteroatoms. The Labute approximate surface area is 294 Å². The summed E-state index contributed by atoms with van der Waals surface area (Å²) < 4.78 is 53.9. The Balaban J connectivity index is 1.04. The van der Waals surface area contributed by atoms with Crippen molar-refractivity contribution in [1.29, 1.82) is 0 Å². The third-order valence-corrected chi connectivity index (χ3v) is 16.1. The van der Waals surface area contributed by atoms with Crippen molar-refractivity contribution in [2.45, 2.75) is 152 Å². The molecule has 0 N–H and O–H groups in total. The van der Waals surface area contributed by atoms with Crippen LogP contribution < -0.4 is 0 Å². The zero-order valence-corrected chi connectivity index (χ0v) is 31.1. The largest absolute Gasteiger partial charge is 0.391 e. The minimum atomic E-state index is -2.63. The van der Waals surface area contributed by atoms with Crippen molar-refractivity contribution in [3.63, 3.8) is 0 Å². The van der Waals surface area contributed by atoms with Crippen LogP contribution in [-0.2, 0) is 50.5 Å². The fourth-order valence-electron chi connectivity index (χ4n) is 8.69. The quantitative estimate of drug-likeness (QED) is 0.219. The molecule has 0 radical (unpaired) electrons. The molecule has 0 saturated carbocycles. The molecule has 2 aromatic carbocycles. The Morgan fingerprint density at radius 2 is 1.27 bits per heavy atom. The van der Waals surface area contributed by atoms with Crippen molar-refractivity contribution in [3.05, 3.63) is 83.9 Å². The number of hydrogen-bond donors (Lipinski definition) is 0. The molecule has 5 heterocycles. The first-order valence-corrected chi connectivity index (χ1v) is 20.2. The van der Waals surface area contributed by atoms with Gasteiger partial charge in [-0.05, 0) is 17.5 Å². The van der Waals surface area contributed by atoms with Crippen LogP contribution in [0.3, 0.4) is 0 Å². The van der Waals surface area contributed by atoms with Crippen LogP contribution in [0.25, 0.3) is 0 Å². The summed E-state index contributed by atoms with van der Waals surface area (Å²) >= 11 is 0. The molecule has 8 nitrogen and oxygen atoms in total. The third-order valence-electron chi connectivity index (χ3n) is 10.9. The first-order chi connectivity index (χ1) is 23.5. The average Bonchev–Trinajstić information content (AvgIpc) is 3.06. The Morgan fingerprint density at radius 1 is 0.653 bits per heavy atom. The van der Waals surface area contributed by atoms with E-state index in [-0.39, 0.29) is 71.1 Å². The van der Waals surface area contributed by atoms with Crippen molar-refractivity contribution >= 4 is 8.56 Å². The fraction of sp³-hybridized carbons (Fsp3) is 0.650. The number of hydrogen-bond acceptors (Lipinski definition) is 8. The summed E-state index contributed by atoms with van der Waals surface area (Å²) in [6.07, 6.45) is 6.28.